The van der Waals surface area contributed by atoms with E-state index in [4.69, 9.17) is 14.2 Å². The Morgan fingerprint density at radius 3 is 2.50 bits per heavy atom. The first-order valence-electron chi connectivity index (χ1n) is 8.77. The number of hydrogen-bond donors (Lipinski definition) is 1. The zero-order chi connectivity index (χ0) is 19.9. The summed E-state index contributed by atoms with van der Waals surface area (Å²) in [4.78, 5) is 12.6. The number of methoxy groups -OCH3 is 3. The minimum atomic E-state index is -0.205. The molecule has 146 valence electrons. The number of ether oxygens (including phenoxy) is 3. The van der Waals surface area contributed by atoms with Gasteiger partial charge in [-0.05, 0) is 23.8 Å². The van der Waals surface area contributed by atoms with Crippen LogP contribution in [0.4, 0.5) is 5.82 Å². The van der Waals surface area contributed by atoms with Crippen molar-refractivity contribution in [3.05, 3.63) is 71.4 Å². The van der Waals surface area contributed by atoms with Crippen molar-refractivity contribution in [2.24, 2.45) is 0 Å². The highest BCUT2D eigenvalue weighted by molar-refractivity contribution is 6.03. The molecular weight excluding hydrogens is 358 g/mol. The fourth-order valence-electron chi connectivity index (χ4n) is 2.91. The molecule has 0 atom stereocenters. The smallest absolute Gasteiger partial charge is 0.256 e. The normalized spacial score (nSPS) is 10.5. The van der Waals surface area contributed by atoms with Gasteiger partial charge in [0, 0.05) is 24.3 Å². The zero-order valence-corrected chi connectivity index (χ0v) is 16.1. The number of para-hydroxylation sites is 1. The fourth-order valence-corrected chi connectivity index (χ4v) is 2.91. The number of nitrogens with one attached hydrogen (secondary N) is 1. The van der Waals surface area contributed by atoms with E-state index in [2.05, 4.69) is 10.4 Å². The molecular formula is C21H23N3O4. The van der Waals surface area contributed by atoms with Gasteiger partial charge in [-0.15, -0.1) is 0 Å². The van der Waals surface area contributed by atoms with E-state index >= 15 is 0 Å². The molecule has 3 rings (SSSR count). The molecule has 0 radical (unpaired) electrons. The van der Waals surface area contributed by atoms with Crippen LogP contribution in [0.3, 0.4) is 0 Å². The number of amides is 1. The first kappa shape index (κ1) is 19.4. The number of carbonyl (C=O) groups is 1. The molecule has 1 aromatic heterocycles. The summed E-state index contributed by atoms with van der Waals surface area (Å²) in [5, 5.41) is 7.22. The monoisotopic (exact) mass is 381 g/mol. The molecule has 0 saturated carbocycles. The molecule has 7 nitrogen and oxygen atoms in total. The number of hydrogen-bond acceptors (Lipinski definition) is 5. The molecule has 1 heterocycles. The molecule has 3 aromatic rings. The Morgan fingerprint density at radius 2 is 1.82 bits per heavy atom. The highest BCUT2D eigenvalue weighted by Crippen LogP contribution is 2.31. The molecule has 7 heteroatoms. The predicted molar refractivity (Wildman–Crippen MR) is 106 cm³/mol. The number of benzene rings is 2. The van der Waals surface area contributed by atoms with Gasteiger partial charge in [0.15, 0.2) is 11.5 Å². The molecule has 0 bridgehead atoms. The van der Waals surface area contributed by atoms with E-state index in [1.807, 2.05) is 30.3 Å². The number of anilines is 1. The van der Waals surface area contributed by atoms with Gasteiger partial charge in [0.1, 0.15) is 5.82 Å². The molecule has 0 aliphatic rings. The summed E-state index contributed by atoms with van der Waals surface area (Å²) < 4.78 is 17.6. The average Bonchev–Trinajstić information content (AvgIpc) is 3.15. The molecule has 0 fully saturated rings. The van der Waals surface area contributed by atoms with E-state index in [0.29, 0.717) is 36.0 Å². The van der Waals surface area contributed by atoms with E-state index < -0.39 is 0 Å². The van der Waals surface area contributed by atoms with Crippen LogP contribution < -0.4 is 14.8 Å². The van der Waals surface area contributed by atoms with Gasteiger partial charge in [-0.25, -0.2) is 4.68 Å². The van der Waals surface area contributed by atoms with Gasteiger partial charge < -0.3 is 19.5 Å². The van der Waals surface area contributed by atoms with E-state index in [-0.39, 0.29) is 5.91 Å². The Balaban J connectivity index is 1.76. The van der Waals surface area contributed by atoms with Crippen LogP contribution in [-0.2, 0) is 17.9 Å². The third-order valence-corrected chi connectivity index (χ3v) is 4.29. The van der Waals surface area contributed by atoms with Crippen LogP contribution in [0.2, 0.25) is 0 Å². The first-order valence-corrected chi connectivity index (χ1v) is 8.77. The third-order valence-electron chi connectivity index (χ3n) is 4.29. The van der Waals surface area contributed by atoms with Crippen molar-refractivity contribution >= 4 is 11.7 Å². The Bertz CT molecular complexity index is 935. The standard InChI is InChI=1S/C21H23N3O4/c1-26-14-15-7-9-16(10-8-15)21(25)23-19-11-12-22-24(19)13-17-5-4-6-18(27-2)20(17)28-3/h4-12H,13-14H2,1-3H3,(H,23,25). The number of nitrogens with zero attached hydrogens (tertiary/aromatic N) is 2. The zero-order valence-electron chi connectivity index (χ0n) is 16.1. The number of aromatic nitrogens is 2. The highest BCUT2D eigenvalue weighted by Gasteiger charge is 2.14. The van der Waals surface area contributed by atoms with Gasteiger partial charge in [0.25, 0.3) is 5.91 Å². The molecule has 0 unspecified atom stereocenters. The average molecular weight is 381 g/mol. The quantitative estimate of drug-likeness (QED) is 0.648. The lowest BCUT2D eigenvalue weighted by Gasteiger charge is -2.14. The van der Waals surface area contributed by atoms with Gasteiger partial charge in [-0.1, -0.05) is 24.3 Å². The highest BCUT2D eigenvalue weighted by atomic mass is 16.5. The van der Waals surface area contributed by atoms with E-state index in [1.54, 1.807) is 50.4 Å². The van der Waals surface area contributed by atoms with Crippen LogP contribution in [0, 0.1) is 0 Å². The second-order valence-electron chi connectivity index (χ2n) is 6.11. The molecule has 1 amide bonds. The van der Waals surface area contributed by atoms with Crippen molar-refractivity contribution in [2.45, 2.75) is 13.2 Å². The van der Waals surface area contributed by atoms with Gasteiger partial charge in [0.05, 0.1) is 33.6 Å². The van der Waals surface area contributed by atoms with Crippen molar-refractivity contribution in [1.82, 2.24) is 9.78 Å². The summed E-state index contributed by atoms with van der Waals surface area (Å²) in [5.74, 6) is 1.68. The largest absolute Gasteiger partial charge is 0.493 e. The number of carbonyl (C=O) groups excluding carboxylic acids is 1. The molecule has 1 N–H and O–H groups in total. The molecule has 0 spiro atoms. The van der Waals surface area contributed by atoms with Crippen LogP contribution >= 0.6 is 0 Å². The van der Waals surface area contributed by atoms with E-state index in [1.165, 1.54) is 0 Å². The maximum Gasteiger partial charge on any atom is 0.256 e. The fraction of sp³-hybridized carbons (Fsp3) is 0.238. The Kier molecular flexibility index (Phi) is 6.29. The van der Waals surface area contributed by atoms with E-state index in [9.17, 15) is 4.79 Å². The summed E-state index contributed by atoms with van der Waals surface area (Å²) in [5.41, 5.74) is 2.46. The molecule has 0 aliphatic carbocycles. The second-order valence-corrected chi connectivity index (χ2v) is 6.11. The lowest BCUT2D eigenvalue weighted by atomic mass is 10.1. The van der Waals surface area contributed by atoms with Crippen LogP contribution in [0.25, 0.3) is 0 Å². The van der Waals surface area contributed by atoms with Gasteiger partial charge in [-0.3, -0.25) is 4.79 Å². The lowest BCUT2D eigenvalue weighted by molar-refractivity contribution is 0.102. The summed E-state index contributed by atoms with van der Waals surface area (Å²) >= 11 is 0. The summed E-state index contributed by atoms with van der Waals surface area (Å²) in [6, 6.07) is 14.7. The first-order chi connectivity index (χ1) is 13.7. The van der Waals surface area contributed by atoms with Gasteiger partial charge in [0.2, 0.25) is 0 Å². The van der Waals surface area contributed by atoms with Crippen molar-refractivity contribution < 1.29 is 19.0 Å². The second kappa shape index (κ2) is 9.05. The van der Waals surface area contributed by atoms with E-state index in [0.717, 1.165) is 11.1 Å². The van der Waals surface area contributed by atoms with Crippen LogP contribution in [0.1, 0.15) is 21.5 Å². The Hall–Kier alpha value is -3.32. The maximum absolute atomic E-state index is 12.6. The molecule has 0 aliphatic heterocycles. The lowest BCUT2D eigenvalue weighted by Crippen LogP contribution is -2.16. The predicted octanol–water partition coefficient (Wildman–Crippen LogP) is 3.35. The maximum atomic E-state index is 12.6. The SMILES string of the molecule is COCc1ccc(C(=O)Nc2ccnn2Cc2cccc(OC)c2OC)cc1. The number of rotatable bonds is 8. The van der Waals surface area contributed by atoms with Crippen molar-refractivity contribution in [2.75, 3.05) is 26.6 Å². The Morgan fingerprint density at radius 1 is 1.04 bits per heavy atom. The van der Waals surface area contributed by atoms with Crippen molar-refractivity contribution in [3.63, 3.8) is 0 Å². The summed E-state index contributed by atoms with van der Waals surface area (Å²) in [7, 11) is 4.83. The van der Waals surface area contributed by atoms with Crippen molar-refractivity contribution in [1.29, 1.82) is 0 Å². The van der Waals surface area contributed by atoms with Crippen LogP contribution in [-0.4, -0.2) is 37.0 Å². The summed E-state index contributed by atoms with van der Waals surface area (Å²) in [6.45, 7) is 0.937. The molecule has 0 saturated heterocycles. The topological polar surface area (TPSA) is 74.6 Å². The van der Waals surface area contributed by atoms with Crippen LogP contribution in [0.5, 0.6) is 11.5 Å². The van der Waals surface area contributed by atoms with Gasteiger partial charge >= 0.3 is 0 Å². The van der Waals surface area contributed by atoms with Crippen molar-refractivity contribution in [3.8, 4) is 11.5 Å². The minimum Gasteiger partial charge on any atom is -0.493 e. The third kappa shape index (κ3) is 4.32. The minimum absolute atomic E-state index is 0.205. The molecule has 2 aromatic carbocycles. The Labute approximate surface area is 163 Å². The van der Waals surface area contributed by atoms with Crippen LogP contribution in [0.15, 0.2) is 54.7 Å². The summed E-state index contributed by atoms with van der Waals surface area (Å²) in [6.07, 6.45) is 1.64. The molecule has 28 heavy (non-hydrogen) atoms. The van der Waals surface area contributed by atoms with Gasteiger partial charge in [-0.2, -0.15) is 5.10 Å².